The molecule has 0 spiro atoms. The van der Waals surface area contributed by atoms with E-state index in [4.69, 9.17) is 4.42 Å². The molecule has 1 saturated heterocycles. The average molecular weight is 334 g/mol. The van der Waals surface area contributed by atoms with Gasteiger partial charge in [-0.05, 0) is 30.7 Å². The van der Waals surface area contributed by atoms with E-state index in [2.05, 4.69) is 4.98 Å². The van der Waals surface area contributed by atoms with Gasteiger partial charge in [-0.1, -0.05) is 0 Å². The van der Waals surface area contributed by atoms with Crippen LogP contribution in [0.3, 0.4) is 0 Å². The highest BCUT2D eigenvalue weighted by Crippen LogP contribution is 2.34. The van der Waals surface area contributed by atoms with E-state index in [1.807, 2.05) is 40.9 Å². The minimum atomic E-state index is 0.211. The van der Waals surface area contributed by atoms with Crippen molar-refractivity contribution < 1.29 is 9.21 Å². The molecule has 4 nitrogen and oxygen atoms in total. The molecule has 2 aromatic heterocycles. The Bertz CT molecular complexity index is 589. The molecule has 0 N–H and O–H groups in total. The van der Waals surface area contributed by atoms with Crippen LogP contribution in [0.2, 0.25) is 0 Å². The van der Waals surface area contributed by atoms with Gasteiger partial charge in [0, 0.05) is 36.1 Å². The molecule has 6 heteroatoms. The van der Waals surface area contributed by atoms with Crippen LogP contribution >= 0.6 is 23.5 Å². The van der Waals surface area contributed by atoms with Crippen LogP contribution in [0.4, 0.5) is 0 Å². The number of aromatic nitrogens is 1. The number of amides is 1. The first-order valence-corrected chi connectivity index (χ1v) is 9.32. The van der Waals surface area contributed by atoms with Gasteiger partial charge in [-0.15, -0.1) is 23.5 Å². The number of hydrogen-bond acceptors (Lipinski definition) is 5. The van der Waals surface area contributed by atoms with Crippen LogP contribution in [-0.4, -0.2) is 40.4 Å². The van der Waals surface area contributed by atoms with Gasteiger partial charge in [0.2, 0.25) is 5.91 Å². The van der Waals surface area contributed by atoms with Gasteiger partial charge < -0.3 is 9.32 Å². The molecule has 0 radical (unpaired) electrons. The first kappa shape index (κ1) is 15.5. The number of rotatable bonds is 4. The van der Waals surface area contributed by atoms with Crippen molar-refractivity contribution in [2.45, 2.75) is 16.6 Å². The second-order valence-electron chi connectivity index (χ2n) is 5.02. The Morgan fingerprint density at radius 2 is 2.23 bits per heavy atom. The molecule has 1 atom stereocenters. The second-order valence-corrected chi connectivity index (χ2v) is 7.38. The van der Waals surface area contributed by atoms with Crippen molar-refractivity contribution in [3.63, 3.8) is 0 Å². The molecule has 0 aromatic carbocycles. The Hall–Kier alpha value is -1.40. The highest BCUT2D eigenvalue weighted by Gasteiger charge is 2.23. The quantitative estimate of drug-likeness (QED) is 0.801. The maximum Gasteiger partial charge on any atom is 0.232 e. The van der Waals surface area contributed by atoms with Gasteiger partial charge in [0.1, 0.15) is 5.76 Å². The molecule has 0 unspecified atom stereocenters. The molecule has 0 saturated carbocycles. The summed E-state index contributed by atoms with van der Waals surface area (Å²) in [6.45, 7) is 1.62. The number of thioether (sulfide) groups is 2. The monoisotopic (exact) mass is 334 g/mol. The van der Waals surface area contributed by atoms with E-state index in [0.717, 1.165) is 35.9 Å². The van der Waals surface area contributed by atoms with E-state index in [9.17, 15) is 4.79 Å². The maximum atomic E-state index is 12.4. The maximum absolute atomic E-state index is 12.4. The molecule has 0 aliphatic carbocycles. The van der Waals surface area contributed by atoms with E-state index >= 15 is 0 Å². The number of pyridine rings is 1. The minimum Gasteiger partial charge on any atom is -0.468 e. The van der Waals surface area contributed by atoms with Gasteiger partial charge >= 0.3 is 0 Å². The summed E-state index contributed by atoms with van der Waals surface area (Å²) in [5, 5.41) is 0.362. The fourth-order valence-electron chi connectivity index (χ4n) is 2.39. The van der Waals surface area contributed by atoms with Crippen molar-refractivity contribution >= 4 is 29.4 Å². The van der Waals surface area contributed by atoms with Crippen LogP contribution in [0.1, 0.15) is 17.4 Å². The largest absolute Gasteiger partial charge is 0.468 e. The molecule has 1 fully saturated rings. The SMILES string of the molecule is O=C(CSc1ccncc1)N1CCS[C@@H](c2ccco2)CC1. The summed E-state index contributed by atoms with van der Waals surface area (Å²) in [4.78, 5) is 19.4. The molecule has 2 aromatic rings. The van der Waals surface area contributed by atoms with E-state index in [0.29, 0.717) is 11.0 Å². The van der Waals surface area contributed by atoms with E-state index in [1.54, 1.807) is 30.4 Å². The molecule has 1 aliphatic rings. The Labute approximate surface area is 138 Å². The predicted octanol–water partition coefficient (Wildman–Crippen LogP) is 3.47. The molecule has 0 bridgehead atoms. The summed E-state index contributed by atoms with van der Waals surface area (Å²) >= 11 is 3.45. The highest BCUT2D eigenvalue weighted by molar-refractivity contribution is 8.00. The van der Waals surface area contributed by atoms with Gasteiger partial charge in [0.25, 0.3) is 0 Å². The molecule has 116 valence electrons. The third-order valence-electron chi connectivity index (χ3n) is 3.57. The fraction of sp³-hybridized carbons (Fsp3) is 0.375. The van der Waals surface area contributed by atoms with Gasteiger partial charge in [-0.3, -0.25) is 9.78 Å². The van der Waals surface area contributed by atoms with Crippen molar-refractivity contribution in [2.75, 3.05) is 24.6 Å². The van der Waals surface area contributed by atoms with Crippen molar-refractivity contribution in [3.8, 4) is 0 Å². The van der Waals surface area contributed by atoms with Gasteiger partial charge in [0.05, 0.1) is 17.3 Å². The lowest BCUT2D eigenvalue weighted by Gasteiger charge is -2.19. The topological polar surface area (TPSA) is 46.3 Å². The summed E-state index contributed by atoms with van der Waals surface area (Å²) in [5.41, 5.74) is 0. The van der Waals surface area contributed by atoms with Crippen molar-refractivity contribution in [1.82, 2.24) is 9.88 Å². The Balaban J connectivity index is 1.51. The highest BCUT2D eigenvalue weighted by atomic mass is 32.2. The summed E-state index contributed by atoms with van der Waals surface area (Å²) in [6, 6.07) is 7.82. The second kappa shape index (κ2) is 7.74. The lowest BCUT2D eigenvalue weighted by Crippen LogP contribution is -2.34. The van der Waals surface area contributed by atoms with Crippen molar-refractivity contribution in [3.05, 3.63) is 48.7 Å². The standard InChI is InChI=1S/C16H18N2O2S2/c19-16(12-22-13-3-6-17-7-4-13)18-8-5-15(21-11-9-18)14-2-1-10-20-14/h1-4,6-7,10,15H,5,8-9,11-12H2/t15-/m1/s1. The zero-order valence-electron chi connectivity index (χ0n) is 12.2. The van der Waals surface area contributed by atoms with E-state index < -0.39 is 0 Å². The molecule has 22 heavy (non-hydrogen) atoms. The van der Waals surface area contributed by atoms with Crippen LogP contribution in [0.15, 0.2) is 52.2 Å². The van der Waals surface area contributed by atoms with Gasteiger partial charge in [-0.2, -0.15) is 0 Å². The van der Waals surface area contributed by atoms with Crippen LogP contribution in [0, 0.1) is 0 Å². The van der Waals surface area contributed by atoms with Gasteiger partial charge in [-0.25, -0.2) is 0 Å². The zero-order chi connectivity index (χ0) is 15.2. The lowest BCUT2D eigenvalue weighted by molar-refractivity contribution is -0.128. The molecule has 3 heterocycles. The molecule has 1 aliphatic heterocycles. The van der Waals surface area contributed by atoms with E-state index in [-0.39, 0.29) is 5.91 Å². The number of furan rings is 1. The van der Waals surface area contributed by atoms with Crippen LogP contribution in [-0.2, 0) is 4.79 Å². The fourth-order valence-corrected chi connectivity index (χ4v) is 4.36. The number of carbonyl (C=O) groups excluding carboxylic acids is 1. The Morgan fingerprint density at radius 1 is 1.36 bits per heavy atom. The lowest BCUT2D eigenvalue weighted by atomic mass is 10.2. The predicted molar refractivity (Wildman–Crippen MR) is 90.1 cm³/mol. The summed E-state index contributed by atoms with van der Waals surface area (Å²) in [6.07, 6.45) is 6.17. The number of hydrogen-bond donors (Lipinski definition) is 0. The minimum absolute atomic E-state index is 0.211. The van der Waals surface area contributed by atoms with Crippen LogP contribution in [0.25, 0.3) is 0 Å². The van der Waals surface area contributed by atoms with Crippen molar-refractivity contribution in [2.24, 2.45) is 0 Å². The smallest absolute Gasteiger partial charge is 0.232 e. The number of carbonyl (C=O) groups is 1. The van der Waals surface area contributed by atoms with Crippen LogP contribution < -0.4 is 0 Å². The molecule has 1 amide bonds. The zero-order valence-corrected chi connectivity index (χ0v) is 13.8. The molecular formula is C16H18N2O2S2. The average Bonchev–Trinajstić information content (AvgIpc) is 2.98. The first-order chi connectivity index (χ1) is 10.8. The Kier molecular flexibility index (Phi) is 5.45. The Morgan fingerprint density at radius 3 is 3.00 bits per heavy atom. The number of nitrogens with zero attached hydrogens (tertiary/aromatic N) is 2. The van der Waals surface area contributed by atoms with Crippen molar-refractivity contribution in [1.29, 1.82) is 0 Å². The third-order valence-corrected chi connectivity index (χ3v) is 5.85. The van der Waals surface area contributed by atoms with Crippen LogP contribution in [0.5, 0.6) is 0 Å². The normalized spacial score (nSPS) is 18.9. The van der Waals surface area contributed by atoms with Gasteiger partial charge in [0.15, 0.2) is 0 Å². The summed E-state index contributed by atoms with van der Waals surface area (Å²) in [7, 11) is 0. The summed E-state index contributed by atoms with van der Waals surface area (Å²) < 4.78 is 5.50. The summed E-state index contributed by atoms with van der Waals surface area (Å²) in [5.74, 6) is 2.67. The van der Waals surface area contributed by atoms with E-state index in [1.165, 1.54) is 0 Å². The molecular weight excluding hydrogens is 316 g/mol. The first-order valence-electron chi connectivity index (χ1n) is 7.28. The third kappa shape index (κ3) is 4.08. The molecule has 3 rings (SSSR count).